The molecule has 1 heterocycles. The minimum Gasteiger partial charge on any atom is -0.334 e. The molecule has 0 radical (unpaired) electrons. The number of hydrogen-bond donors (Lipinski definition) is 0. The molecule has 6 aromatic rings. The number of fused-ring (bicyclic) bond motifs is 13. The highest BCUT2D eigenvalue weighted by Crippen LogP contribution is 2.64. The minimum atomic E-state index is -0.314. The van der Waals surface area contributed by atoms with Gasteiger partial charge in [-0.25, -0.2) is 0 Å². The summed E-state index contributed by atoms with van der Waals surface area (Å²) in [5, 5.41) is 0. The van der Waals surface area contributed by atoms with Crippen LogP contribution in [0.15, 0.2) is 140 Å². The van der Waals surface area contributed by atoms with Crippen LogP contribution in [0.2, 0.25) is 0 Å². The van der Waals surface area contributed by atoms with E-state index in [1.807, 2.05) is 0 Å². The standard InChI is InChI=1S/C44H35N/c1-42-25-12-26-43(42,2)45(31-13-4-3-5-14-31)41-24-22-30(28-40(41)42)29-21-23-35-34-17-8-11-20-38(34)44(39(35)27-29)36-18-9-6-15-32(36)33-16-7-10-19-37(33)44/h3-11,13-24,27-28H,12,25-26H2,1-2H3. The highest BCUT2D eigenvalue weighted by Gasteiger charge is 2.59. The molecule has 216 valence electrons. The summed E-state index contributed by atoms with van der Waals surface area (Å²) in [5.74, 6) is 0. The van der Waals surface area contributed by atoms with Gasteiger partial charge in [0.2, 0.25) is 0 Å². The Morgan fingerprint density at radius 2 is 0.978 bits per heavy atom. The summed E-state index contributed by atoms with van der Waals surface area (Å²) in [6, 6.07) is 52.9. The minimum absolute atomic E-state index is 0.0657. The second-order valence-electron chi connectivity index (χ2n) is 14.0. The SMILES string of the molecule is CC12CCCC1(C)N(c1ccccc1)c1ccc(-c3ccc4c(c3)C3(c5ccccc5-c5ccccc53)c3ccccc3-4)cc12. The van der Waals surface area contributed by atoms with E-state index < -0.39 is 0 Å². The lowest BCUT2D eigenvalue weighted by molar-refractivity contribution is 0.330. The zero-order valence-electron chi connectivity index (χ0n) is 25.8. The Balaban J connectivity index is 1.20. The molecule has 2 unspecified atom stereocenters. The van der Waals surface area contributed by atoms with E-state index >= 15 is 0 Å². The van der Waals surface area contributed by atoms with Crippen LogP contribution in [0, 0.1) is 0 Å². The first-order valence-corrected chi connectivity index (χ1v) is 16.5. The molecule has 2 atom stereocenters. The molecule has 0 aromatic heterocycles. The quantitative estimate of drug-likeness (QED) is 0.198. The molecule has 10 rings (SSSR count). The van der Waals surface area contributed by atoms with Crippen molar-refractivity contribution in [2.24, 2.45) is 0 Å². The van der Waals surface area contributed by atoms with Gasteiger partial charge in [-0.3, -0.25) is 0 Å². The van der Waals surface area contributed by atoms with Gasteiger partial charge in [-0.2, -0.15) is 0 Å². The molecule has 1 aliphatic heterocycles. The van der Waals surface area contributed by atoms with Crippen LogP contribution in [-0.4, -0.2) is 5.54 Å². The van der Waals surface area contributed by atoms with Crippen molar-refractivity contribution in [2.45, 2.75) is 49.5 Å². The first-order chi connectivity index (χ1) is 22.1. The zero-order valence-corrected chi connectivity index (χ0v) is 25.8. The molecule has 0 bridgehead atoms. The van der Waals surface area contributed by atoms with E-state index in [0.717, 1.165) is 0 Å². The molecule has 3 aliphatic carbocycles. The van der Waals surface area contributed by atoms with E-state index in [2.05, 4.69) is 158 Å². The fourth-order valence-corrected chi connectivity index (χ4v) is 10.0. The Bertz CT molecular complexity index is 2130. The third-order valence-electron chi connectivity index (χ3n) is 12.2. The molecule has 1 saturated carbocycles. The smallest absolute Gasteiger partial charge is 0.0725 e. The fourth-order valence-electron chi connectivity index (χ4n) is 10.0. The van der Waals surface area contributed by atoms with Gasteiger partial charge in [0.05, 0.1) is 11.0 Å². The lowest BCUT2D eigenvalue weighted by atomic mass is 9.70. The maximum Gasteiger partial charge on any atom is 0.0725 e. The number of para-hydroxylation sites is 1. The van der Waals surface area contributed by atoms with Crippen LogP contribution in [0.3, 0.4) is 0 Å². The van der Waals surface area contributed by atoms with Gasteiger partial charge in [0.1, 0.15) is 0 Å². The molecule has 45 heavy (non-hydrogen) atoms. The molecular weight excluding hydrogens is 542 g/mol. The summed E-state index contributed by atoms with van der Waals surface area (Å²) in [5.41, 5.74) is 17.7. The van der Waals surface area contributed by atoms with E-state index in [-0.39, 0.29) is 16.4 Å². The summed E-state index contributed by atoms with van der Waals surface area (Å²) < 4.78 is 0. The lowest BCUT2D eigenvalue weighted by Crippen LogP contribution is -2.48. The third kappa shape index (κ3) is 2.95. The monoisotopic (exact) mass is 577 g/mol. The molecule has 0 saturated heterocycles. The summed E-state index contributed by atoms with van der Waals surface area (Å²) in [6.45, 7) is 5.02. The molecule has 1 spiro atoms. The van der Waals surface area contributed by atoms with Crippen molar-refractivity contribution < 1.29 is 0 Å². The van der Waals surface area contributed by atoms with Gasteiger partial charge in [0, 0.05) is 16.8 Å². The van der Waals surface area contributed by atoms with Crippen molar-refractivity contribution in [3.05, 3.63) is 167 Å². The Morgan fingerprint density at radius 3 is 1.60 bits per heavy atom. The Labute approximate surface area is 265 Å². The molecule has 0 amide bonds. The topological polar surface area (TPSA) is 3.24 Å². The number of nitrogens with zero attached hydrogens (tertiary/aromatic N) is 1. The van der Waals surface area contributed by atoms with Crippen LogP contribution in [0.1, 0.15) is 60.9 Å². The molecule has 4 aliphatic rings. The van der Waals surface area contributed by atoms with E-state index in [1.165, 1.54) is 91.8 Å². The van der Waals surface area contributed by atoms with Gasteiger partial charge in [0.15, 0.2) is 0 Å². The van der Waals surface area contributed by atoms with Gasteiger partial charge >= 0.3 is 0 Å². The van der Waals surface area contributed by atoms with Crippen LogP contribution >= 0.6 is 0 Å². The van der Waals surface area contributed by atoms with Crippen LogP contribution in [0.25, 0.3) is 33.4 Å². The van der Waals surface area contributed by atoms with E-state index in [9.17, 15) is 0 Å². The average molecular weight is 578 g/mol. The highest BCUT2D eigenvalue weighted by molar-refractivity contribution is 5.96. The largest absolute Gasteiger partial charge is 0.334 e. The number of anilines is 2. The molecule has 1 fully saturated rings. The summed E-state index contributed by atoms with van der Waals surface area (Å²) >= 11 is 0. The summed E-state index contributed by atoms with van der Waals surface area (Å²) in [6.07, 6.45) is 3.69. The van der Waals surface area contributed by atoms with Crippen LogP contribution < -0.4 is 4.90 Å². The van der Waals surface area contributed by atoms with E-state index in [0.29, 0.717) is 0 Å². The van der Waals surface area contributed by atoms with Gasteiger partial charge < -0.3 is 4.90 Å². The van der Waals surface area contributed by atoms with Crippen molar-refractivity contribution >= 4 is 11.4 Å². The maximum atomic E-state index is 2.65. The van der Waals surface area contributed by atoms with Gasteiger partial charge in [-0.15, -0.1) is 0 Å². The first kappa shape index (κ1) is 25.4. The van der Waals surface area contributed by atoms with Crippen LogP contribution in [0.4, 0.5) is 11.4 Å². The first-order valence-electron chi connectivity index (χ1n) is 16.5. The van der Waals surface area contributed by atoms with E-state index in [4.69, 9.17) is 0 Å². The molecule has 0 N–H and O–H groups in total. The average Bonchev–Trinajstić information content (AvgIpc) is 3.73. The highest BCUT2D eigenvalue weighted by atomic mass is 15.3. The number of hydrogen-bond acceptors (Lipinski definition) is 1. The summed E-state index contributed by atoms with van der Waals surface area (Å²) in [7, 11) is 0. The second-order valence-corrected chi connectivity index (χ2v) is 14.0. The predicted octanol–water partition coefficient (Wildman–Crippen LogP) is 11.0. The van der Waals surface area contributed by atoms with Crippen LogP contribution in [-0.2, 0) is 10.8 Å². The molecule has 1 nitrogen and oxygen atoms in total. The Morgan fingerprint density at radius 1 is 0.467 bits per heavy atom. The van der Waals surface area contributed by atoms with Gasteiger partial charge in [-0.05, 0) is 111 Å². The molecule has 1 heteroatoms. The van der Waals surface area contributed by atoms with Gasteiger partial charge in [0.25, 0.3) is 0 Å². The molecular formula is C44H35N. The van der Waals surface area contributed by atoms with Crippen molar-refractivity contribution in [1.82, 2.24) is 0 Å². The van der Waals surface area contributed by atoms with Gasteiger partial charge in [-0.1, -0.05) is 123 Å². The fraction of sp³-hybridized carbons (Fsp3) is 0.182. The third-order valence-corrected chi connectivity index (χ3v) is 12.2. The Hall–Kier alpha value is -4.88. The maximum absolute atomic E-state index is 2.65. The van der Waals surface area contributed by atoms with Crippen molar-refractivity contribution in [3.63, 3.8) is 0 Å². The van der Waals surface area contributed by atoms with Crippen molar-refractivity contribution in [3.8, 4) is 33.4 Å². The predicted molar refractivity (Wildman–Crippen MR) is 186 cm³/mol. The zero-order chi connectivity index (χ0) is 30.0. The van der Waals surface area contributed by atoms with E-state index in [1.54, 1.807) is 0 Å². The summed E-state index contributed by atoms with van der Waals surface area (Å²) in [4.78, 5) is 2.65. The normalized spacial score (nSPS) is 22.5. The number of benzene rings is 6. The van der Waals surface area contributed by atoms with Crippen molar-refractivity contribution in [2.75, 3.05) is 4.90 Å². The lowest BCUT2D eigenvalue weighted by Gasteiger charge is -2.42. The number of rotatable bonds is 2. The second kappa shape index (κ2) is 8.64. The molecule has 6 aromatic carbocycles. The Kier molecular flexibility index (Phi) is 4.89. The van der Waals surface area contributed by atoms with Crippen LogP contribution in [0.5, 0.6) is 0 Å². The van der Waals surface area contributed by atoms with Crippen molar-refractivity contribution in [1.29, 1.82) is 0 Å².